The van der Waals surface area contributed by atoms with Gasteiger partial charge in [-0.25, -0.2) is 9.78 Å². The second-order valence-electron chi connectivity index (χ2n) is 6.13. The number of esters is 1. The number of nitrogens with zero attached hydrogens (tertiary/aromatic N) is 2. The number of aromatic nitrogens is 2. The monoisotopic (exact) mass is 390 g/mol. The number of fused-ring (bicyclic) bond motifs is 1. The van der Waals surface area contributed by atoms with Crippen molar-refractivity contribution in [3.05, 3.63) is 51.3 Å². The van der Waals surface area contributed by atoms with Crippen LogP contribution < -0.4 is 5.56 Å². The molecule has 0 saturated carbocycles. The summed E-state index contributed by atoms with van der Waals surface area (Å²) in [6, 6.07) is 6.54. The fourth-order valence-electron chi connectivity index (χ4n) is 2.56. The van der Waals surface area contributed by atoms with Gasteiger partial charge in [-0.3, -0.25) is 9.36 Å². The number of benzene rings is 1. The zero-order valence-corrected chi connectivity index (χ0v) is 16.3. The van der Waals surface area contributed by atoms with Gasteiger partial charge in [0, 0.05) is 16.0 Å². The van der Waals surface area contributed by atoms with Crippen molar-refractivity contribution < 1.29 is 9.53 Å². The lowest BCUT2D eigenvalue weighted by Gasteiger charge is -2.17. The predicted molar refractivity (Wildman–Crippen MR) is 105 cm³/mol. The Labute approximate surface area is 160 Å². The molecule has 1 aromatic carbocycles. The highest BCUT2D eigenvalue weighted by Crippen LogP contribution is 2.31. The highest BCUT2D eigenvalue weighted by atomic mass is 35.5. The molecule has 0 spiro atoms. The maximum Gasteiger partial charge on any atom is 0.329 e. The van der Waals surface area contributed by atoms with Gasteiger partial charge in [0.1, 0.15) is 10.9 Å². The van der Waals surface area contributed by atoms with E-state index < -0.39 is 12.0 Å². The van der Waals surface area contributed by atoms with E-state index in [1.165, 1.54) is 22.2 Å². The molecule has 5 nitrogen and oxygen atoms in total. The fourth-order valence-corrected chi connectivity index (χ4v) is 3.59. The van der Waals surface area contributed by atoms with Gasteiger partial charge >= 0.3 is 5.97 Å². The molecule has 0 bridgehead atoms. The number of hydrogen-bond donors (Lipinski definition) is 0. The van der Waals surface area contributed by atoms with E-state index in [1.54, 1.807) is 19.1 Å². The molecular weight excluding hydrogens is 372 g/mol. The molecule has 2 atom stereocenters. The van der Waals surface area contributed by atoms with Gasteiger partial charge < -0.3 is 4.74 Å². The minimum atomic E-state index is -0.744. The molecule has 0 aliphatic rings. The largest absolute Gasteiger partial charge is 0.461 e. The minimum absolute atomic E-state index is 0.192. The molecule has 2 aromatic heterocycles. The summed E-state index contributed by atoms with van der Waals surface area (Å²) in [5.74, 6) is -0.439. The molecule has 7 heteroatoms. The molecule has 3 aromatic rings. The van der Waals surface area contributed by atoms with Crippen molar-refractivity contribution in [2.24, 2.45) is 0 Å². The first kappa shape index (κ1) is 18.6. The average molecular weight is 391 g/mol. The Bertz CT molecular complexity index is 994. The van der Waals surface area contributed by atoms with Crippen LogP contribution in [0.15, 0.2) is 40.8 Å². The van der Waals surface area contributed by atoms with Crippen LogP contribution in [0.25, 0.3) is 21.3 Å². The molecule has 26 heavy (non-hydrogen) atoms. The maximum absolute atomic E-state index is 13.0. The smallest absolute Gasteiger partial charge is 0.329 e. The van der Waals surface area contributed by atoms with Crippen LogP contribution in [0, 0.1) is 0 Å². The molecule has 0 unspecified atom stereocenters. The van der Waals surface area contributed by atoms with Crippen LogP contribution in [0.4, 0.5) is 0 Å². The minimum Gasteiger partial charge on any atom is -0.461 e. The van der Waals surface area contributed by atoms with E-state index in [0.717, 1.165) is 17.5 Å². The third-order valence-electron chi connectivity index (χ3n) is 4.33. The lowest BCUT2D eigenvalue weighted by atomic mass is 10.1. The molecule has 0 saturated heterocycles. The van der Waals surface area contributed by atoms with Crippen molar-refractivity contribution in [2.45, 2.75) is 39.3 Å². The topological polar surface area (TPSA) is 61.2 Å². The summed E-state index contributed by atoms with van der Waals surface area (Å²) in [6.45, 7) is 5.41. The van der Waals surface area contributed by atoms with Gasteiger partial charge in [0.05, 0.1) is 17.8 Å². The average Bonchev–Trinajstić information content (AvgIpc) is 3.07. The van der Waals surface area contributed by atoms with Crippen molar-refractivity contribution in [1.82, 2.24) is 9.55 Å². The third-order valence-corrected chi connectivity index (χ3v) is 5.46. The van der Waals surface area contributed by atoms with E-state index in [4.69, 9.17) is 16.3 Å². The van der Waals surface area contributed by atoms with Gasteiger partial charge in [0.2, 0.25) is 0 Å². The van der Waals surface area contributed by atoms with Gasteiger partial charge in [-0.2, -0.15) is 0 Å². The Morgan fingerprint density at radius 3 is 2.65 bits per heavy atom. The van der Waals surface area contributed by atoms with E-state index >= 15 is 0 Å². The second kappa shape index (κ2) is 7.60. The van der Waals surface area contributed by atoms with Crippen LogP contribution in [0.2, 0.25) is 5.02 Å². The molecule has 3 rings (SSSR count). The first-order valence-electron chi connectivity index (χ1n) is 8.37. The summed E-state index contributed by atoms with van der Waals surface area (Å²) in [5.41, 5.74) is 1.41. The first-order valence-corrected chi connectivity index (χ1v) is 9.63. The zero-order chi connectivity index (χ0) is 18.8. The first-order chi connectivity index (χ1) is 12.4. The van der Waals surface area contributed by atoms with E-state index in [-0.39, 0.29) is 11.7 Å². The standard InChI is InChI=1S/C19H19ClN2O3S/c1-4-11(2)25-19(24)12(3)22-10-21-17-16(18(22)23)15(9-26-17)13-5-7-14(20)8-6-13/h5-12H,4H2,1-3H3/t11-,12-/m0/s1. The van der Waals surface area contributed by atoms with Crippen LogP contribution in [-0.4, -0.2) is 21.6 Å². The van der Waals surface area contributed by atoms with Crippen molar-refractivity contribution in [3.63, 3.8) is 0 Å². The number of ether oxygens (including phenoxy) is 1. The lowest BCUT2D eigenvalue weighted by molar-refractivity contribution is -0.152. The molecule has 0 amide bonds. The quantitative estimate of drug-likeness (QED) is 0.593. The number of hydrogen-bond acceptors (Lipinski definition) is 5. The van der Waals surface area contributed by atoms with E-state index in [2.05, 4.69) is 4.98 Å². The Balaban J connectivity index is 2.05. The summed E-state index contributed by atoms with van der Waals surface area (Å²) in [6.07, 6.45) is 1.94. The van der Waals surface area contributed by atoms with E-state index in [1.807, 2.05) is 31.4 Å². The van der Waals surface area contributed by atoms with Crippen molar-refractivity contribution in [3.8, 4) is 11.1 Å². The van der Waals surface area contributed by atoms with Crippen molar-refractivity contribution in [2.75, 3.05) is 0 Å². The number of carbonyl (C=O) groups excluding carboxylic acids is 1. The van der Waals surface area contributed by atoms with E-state index in [9.17, 15) is 9.59 Å². The number of thiophene rings is 1. The summed E-state index contributed by atoms with van der Waals surface area (Å²) < 4.78 is 6.69. The Hall–Kier alpha value is -2.18. The number of halogens is 1. The molecule has 0 N–H and O–H groups in total. The SMILES string of the molecule is CC[C@H](C)OC(=O)[C@H](C)n1cnc2scc(-c3ccc(Cl)cc3)c2c1=O. The summed E-state index contributed by atoms with van der Waals surface area (Å²) >= 11 is 7.35. The summed E-state index contributed by atoms with van der Waals surface area (Å²) in [7, 11) is 0. The fraction of sp³-hybridized carbons (Fsp3) is 0.316. The van der Waals surface area contributed by atoms with Crippen molar-refractivity contribution >= 4 is 39.1 Å². The Morgan fingerprint density at radius 2 is 2.00 bits per heavy atom. The highest BCUT2D eigenvalue weighted by Gasteiger charge is 2.22. The van der Waals surface area contributed by atoms with Crippen LogP contribution in [0.5, 0.6) is 0 Å². The van der Waals surface area contributed by atoms with Gasteiger partial charge in [-0.05, 0) is 38.0 Å². The normalized spacial score (nSPS) is 13.5. The molecular formula is C19H19ClN2O3S. The number of rotatable bonds is 5. The lowest BCUT2D eigenvalue weighted by Crippen LogP contribution is -2.31. The van der Waals surface area contributed by atoms with Gasteiger partial charge in [-0.1, -0.05) is 30.7 Å². The summed E-state index contributed by atoms with van der Waals surface area (Å²) in [5, 5.41) is 3.03. The Morgan fingerprint density at radius 1 is 1.31 bits per heavy atom. The Kier molecular flexibility index (Phi) is 5.44. The summed E-state index contributed by atoms with van der Waals surface area (Å²) in [4.78, 5) is 30.4. The van der Waals surface area contributed by atoms with E-state index in [0.29, 0.717) is 15.2 Å². The second-order valence-corrected chi connectivity index (χ2v) is 7.42. The molecule has 0 radical (unpaired) electrons. The zero-order valence-electron chi connectivity index (χ0n) is 14.7. The van der Waals surface area contributed by atoms with Crippen LogP contribution in [0.3, 0.4) is 0 Å². The van der Waals surface area contributed by atoms with Gasteiger partial charge in [-0.15, -0.1) is 11.3 Å². The molecule has 2 heterocycles. The predicted octanol–water partition coefficient (Wildman–Crippen LogP) is 4.68. The molecule has 0 aliphatic heterocycles. The van der Waals surface area contributed by atoms with Gasteiger partial charge in [0.25, 0.3) is 5.56 Å². The third kappa shape index (κ3) is 3.52. The molecule has 0 fully saturated rings. The van der Waals surface area contributed by atoms with Gasteiger partial charge in [0.15, 0.2) is 0 Å². The van der Waals surface area contributed by atoms with Crippen LogP contribution >= 0.6 is 22.9 Å². The van der Waals surface area contributed by atoms with Crippen LogP contribution in [0.1, 0.15) is 33.2 Å². The molecule has 0 aliphatic carbocycles. The van der Waals surface area contributed by atoms with Crippen LogP contribution in [-0.2, 0) is 9.53 Å². The highest BCUT2D eigenvalue weighted by molar-refractivity contribution is 7.17. The molecule has 136 valence electrons. The van der Waals surface area contributed by atoms with Crippen molar-refractivity contribution in [1.29, 1.82) is 0 Å². The maximum atomic E-state index is 13.0. The number of carbonyl (C=O) groups is 1.